The Bertz CT molecular complexity index is 454. The summed E-state index contributed by atoms with van der Waals surface area (Å²) in [5.74, 6) is 0.402. The molecule has 0 saturated carbocycles. The third kappa shape index (κ3) is 2.25. The maximum atomic E-state index is 11.0. The van der Waals surface area contributed by atoms with Crippen molar-refractivity contribution in [3.63, 3.8) is 0 Å². The maximum absolute atomic E-state index is 11.0. The van der Waals surface area contributed by atoms with Crippen LogP contribution in [0.5, 0.6) is 0 Å². The van der Waals surface area contributed by atoms with Crippen molar-refractivity contribution in [1.82, 2.24) is 4.98 Å². The number of aromatic nitrogens is 1. The number of hydrogen-bond acceptors (Lipinski definition) is 5. The molecule has 0 bridgehead atoms. The van der Waals surface area contributed by atoms with Gasteiger partial charge in [-0.3, -0.25) is 10.1 Å². The Labute approximate surface area is 107 Å². The van der Waals surface area contributed by atoms with Crippen LogP contribution in [0.4, 0.5) is 11.5 Å². The lowest BCUT2D eigenvalue weighted by atomic mass is 10.2. The smallest absolute Gasteiger partial charge is 0.312 e. The predicted octanol–water partition coefficient (Wildman–Crippen LogP) is 1.68. The van der Waals surface area contributed by atoms with Crippen LogP contribution in [0.3, 0.4) is 0 Å². The van der Waals surface area contributed by atoms with Crippen molar-refractivity contribution in [3.05, 3.63) is 26.9 Å². The van der Waals surface area contributed by atoms with E-state index in [1.54, 1.807) is 6.20 Å². The molecule has 1 aromatic rings. The van der Waals surface area contributed by atoms with Gasteiger partial charge >= 0.3 is 5.69 Å². The Kier molecular flexibility index (Phi) is 3.30. The lowest BCUT2D eigenvalue weighted by Crippen LogP contribution is -2.37. The molecule has 1 fully saturated rings. The number of nitrogens with two attached hydrogens (primary N) is 1. The van der Waals surface area contributed by atoms with E-state index < -0.39 is 4.92 Å². The summed E-state index contributed by atoms with van der Waals surface area (Å²) in [6.45, 7) is 2.67. The molecule has 0 aliphatic carbocycles. The van der Waals surface area contributed by atoms with Crippen molar-refractivity contribution < 1.29 is 4.92 Å². The van der Waals surface area contributed by atoms with Crippen LogP contribution in [0.15, 0.2) is 16.7 Å². The number of halogens is 1. The van der Waals surface area contributed by atoms with E-state index in [1.807, 2.05) is 11.8 Å². The second-order valence-electron chi connectivity index (χ2n) is 4.14. The minimum Gasteiger partial charge on any atom is -0.347 e. The van der Waals surface area contributed by atoms with Crippen molar-refractivity contribution in [2.75, 3.05) is 11.4 Å². The van der Waals surface area contributed by atoms with Gasteiger partial charge in [-0.25, -0.2) is 4.98 Å². The Hall–Kier alpha value is -1.21. The molecule has 2 rings (SSSR count). The summed E-state index contributed by atoms with van der Waals surface area (Å²) >= 11 is 3.19. The van der Waals surface area contributed by atoms with E-state index in [2.05, 4.69) is 20.9 Å². The van der Waals surface area contributed by atoms with Crippen molar-refractivity contribution in [2.45, 2.75) is 25.4 Å². The van der Waals surface area contributed by atoms with Crippen molar-refractivity contribution >= 4 is 27.4 Å². The summed E-state index contributed by atoms with van der Waals surface area (Å²) in [6, 6.07) is 1.58. The number of rotatable bonds is 2. The van der Waals surface area contributed by atoms with Gasteiger partial charge in [0.15, 0.2) is 0 Å². The van der Waals surface area contributed by atoms with E-state index in [-0.39, 0.29) is 17.8 Å². The zero-order valence-corrected chi connectivity index (χ0v) is 10.9. The minimum absolute atomic E-state index is 0.0142. The number of nitrogens with zero attached hydrogens (tertiary/aromatic N) is 3. The highest BCUT2D eigenvalue weighted by atomic mass is 79.9. The highest BCUT2D eigenvalue weighted by Gasteiger charge is 2.33. The van der Waals surface area contributed by atoms with Crippen LogP contribution in [-0.2, 0) is 0 Å². The number of anilines is 1. The van der Waals surface area contributed by atoms with Gasteiger partial charge < -0.3 is 10.6 Å². The van der Waals surface area contributed by atoms with E-state index in [4.69, 9.17) is 5.73 Å². The van der Waals surface area contributed by atoms with E-state index in [9.17, 15) is 10.1 Å². The Morgan fingerprint density at radius 2 is 2.41 bits per heavy atom. The molecule has 0 amide bonds. The molecule has 2 heterocycles. The summed E-state index contributed by atoms with van der Waals surface area (Å²) in [7, 11) is 0. The minimum atomic E-state index is -0.413. The van der Waals surface area contributed by atoms with Gasteiger partial charge in [0, 0.05) is 35.4 Å². The van der Waals surface area contributed by atoms with Crippen LogP contribution in [0.1, 0.15) is 13.3 Å². The Morgan fingerprint density at radius 3 is 2.94 bits per heavy atom. The molecular weight excluding hydrogens is 288 g/mol. The fourth-order valence-corrected chi connectivity index (χ4v) is 2.36. The fourth-order valence-electron chi connectivity index (χ4n) is 2.04. The first kappa shape index (κ1) is 12.3. The lowest BCUT2D eigenvalue weighted by molar-refractivity contribution is -0.384. The van der Waals surface area contributed by atoms with E-state index in [0.717, 1.165) is 6.42 Å². The molecule has 1 saturated heterocycles. The summed E-state index contributed by atoms with van der Waals surface area (Å²) in [5.41, 5.74) is 5.93. The molecule has 2 atom stereocenters. The first-order valence-corrected chi connectivity index (χ1v) is 6.12. The third-order valence-corrected chi connectivity index (χ3v) is 3.53. The maximum Gasteiger partial charge on any atom is 0.312 e. The number of hydrogen-bond donors (Lipinski definition) is 1. The average molecular weight is 301 g/mol. The van der Waals surface area contributed by atoms with E-state index >= 15 is 0 Å². The highest BCUT2D eigenvalue weighted by Crippen LogP contribution is 2.32. The summed E-state index contributed by atoms with van der Waals surface area (Å²) in [6.07, 6.45) is 2.40. The number of pyridine rings is 1. The Balaban J connectivity index is 2.42. The molecular formula is C10H13BrN4O2. The van der Waals surface area contributed by atoms with Gasteiger partial charge in [-0.1, -0.05) is 0 Å². The standard InChI is InChI=1S/C10H13BrN4O2/c1-6-8(12)2-3-14(6)10-9(15(16)17)4-7(11)5-13-10/h4-6,8H,2-3,12H2,1H3. The topological polar surface area (TPSA) is 85.3 Å². The Morgan fingerprint density at radius 1 is 1.71 bits per heavy atom. The largest absolute Gasteiger partial charge is 0.347 e. The molecule has 6 nitrogen and oxygen atoms in total. The second kappa shape index (κ2) is 4.58. The van der Waals surface area contributed by atoms with Crippen molar-refractivity contribution in [2.24, 2.45) is 5.73 Å². The molecule has 2 unspecified atom stereocenters. The van der Waals surface area contributed by atoms with Crippen LogP contribution in [-0.4, -0.2) is 28.5 Å². The predicted molar refractivity (Wildman–Crippen MR) is 68.0 cm³/mol. The van der Waals surface area contributed by atoms with Crippen molar-refractivity contribution in [3.8, 4) is 0 Å². The van der Waals surface area contributed by atoms with Crippen LogP contribution in [0.2, 0.25) is 0 Å². The van der Waals surface area contributed by atoms with E-state index in [1.165, 1.54) is 6.07 Å². The normalized spacial score (nSPS) is 24.1. The van der Waals surface area contributed by atoms with Gasteiger partial charge in [0.2, 0.25) is 5.82 Å². The average Bonchev–Trinajstić information content (AvgIpc) is 2.60. The summed E-state index contributed by atoms with van der Waals surface area (Å²) in [5, 5.41) is 11.0. The monoisotopic (exact) mass is 300 g/mol. The molecule has 1 aliphatic rings. The molecule has 0 spiro atoms. The third-order valence-electron chi connectivity index (χ3n) is 3.10. The van der Waals surface area contributed by atoms with E-state index in [0.29, 0.717) is 16.8 Å². The first-order valence-electron chi connectivity index (χ1n) is 5.33. The quantitative estimate of drug-likeness (QED) is 0.663. The van der Waals surface area contributed by atoms with Gasteiger partial charge in [-0.15, -0.1) is 0 Å². The number of nitro groups is 1. The zero-order valence-electron chi connectivity index (χ0n) is 9.34. The fraction of sp³-hybridized carbons (Fsp3) is 0.500. The first-order chi connectivity index (χ1) is 8.00. The van der Waals surface area contributed by atoms with Gasteiger partial charge in [0.05, 0.1) is 4.92 Å². The van der Waals surface area contributed by atoms with Gasteiger partial charge in [0.25, 0.3) is 0 Å². The van der Waals surface area contributed by atoms with Crippen LogP contribution in [0, 0.1) is 10.1 Å². The molecule has 1 aromatic heterocycles. The van der Waals surface area contributed by atoms with Gasteiger partial charge in [0.1, 0.15) is 0 Å². The highest BCUT2D eigenvalue weighted by molar-refractivity contribution is 9.10. The molecule has 92 valence electrons. The van der Waals surface area contributed by atoms with Gasteiger partial charge in [-0.05, 0) is 29.3 Å². The SMILES string of the molecule is CC1C(N)CCN1c1ncc(Br)cc1[N+](=O)[O-]. The van der Waals surface area contributed by atoms with Gasteiger partial charge in [-0.2, -0.15) is 0 Å². The molecule has 0 aromatic carbocycles. The van der Waals surface area contributed by atoms with Crippen LogP contribution < -0.4 is 10.6 Å². The zero-order chi connectivity index (χ0) is 12.6. The van der Waals surface area contributed by atoms with Crippen molar-refractivity contribution in [1.29, 1.82) is 0 Å². The summed E-state index contributed by atoms with van der Waals surface area (Å²) in [4.78, 5) is 16.6. The molecule has 0 radical (unpaired) electrons. The lowest BCUT2D eigenvalue weighted by Gasteiger charge is -2.23. The second-order valence-corrected chi connectivity index (χ2v) is 5.06. The molecule has 2 N–H and O–H groups in total. The molecule has 1 aliphatic heterocycles. The van der Waals surface area contributed by atoms with Crippen LogP contribution >= 0.6 is 15.9 Å². The molecule has 17 heavy (non-hydrogen) atoms. The summed E-state index contributed by atoms with van der Waals surface area (Å²) < 4.78 is 0.601. The van der Waals surface area contributed by atoms with Crippen LogP contribution in [0.25, 0.3) is 0 Å². The molecule has 7 heteroatoms.